The Morgan fingerprint density at radius 3 is 2.86 bits per heavy atom. The highest BCUT2D eigenvalue weighted by molar-refractivity contribution is 5.07. The number of aromatic nitrogens is 1. The molecule has 0 spiro atoms. The second kappa shape index (κ2) is 6.66. The maximum absolute atomic E-state index is 3.44. The number of H-pyrrole nitrogens is 1. The van der Waals surface area contributed by atoms with Crippen LogP contribution in [0, 0.1) is 5.92 Å². The van der Waals surface area contributed by atoms with Crippen molar-refractivity contribution in [2.45, 2.75) is 39.7 Å². The van der Waals surface area contributed by atoms with Crippen molar-refractivity contribution in [2.75, 3.05) is 6.54 Å². The Kier molecular flexibility index (Phi) is 5.38. The van der Waals surface area contributed by atoms with Crippen LogP contribution in [0.1, 0.15) is 38.7 Å². The van der Waals surface area contributed by atoms with Crippen LogP contribution >= 0.6 is 0 Å². The number of nitrogens with one attached hydrogen (secondary N) is 2. The molecule has 0 radical (unpaired) electrons. The van der Waals surface area contributed by atoms with Crippen LogP contribution in [0.4, 0.5) is 0 Å². The van der Waals surface area contributed by atoms with E-state index in [1.165, 1.54) is 24.8 Å². The Morgan fingerprint density at radius 1 is 1.36 bits per heavy atom. The zero-order valence-electron chi connectivity index (χ0n) is 9.34. The summed E-state index contributed by atoms with van der Waals surface area (Å²) in [6.45, 7) is 6.70. The molecule has 2 N–H and O–H groups in total. The molecule has 2 nitrogen and oxygen atoms in total. The summed E-state index contributed by atoms with van der Waals surface area (Å²) < 4.78 is 0. The van der Waals surface area contributed by atoms with E-state index in [1.54, 1.807) is 0 Å². The molecule has 1 heterocycles. The van der Waals surface area contributed by atoms with Crippen molar-refractivity contribution in [3.05, 3.63) is 24.0 Å². The van der Waals surface area contributed by atoms with Gasteiger partial charge < -0.3 is 10.3 Å². The lowest BCUT2D eigenvalue weighted by atomic mass is 10.1. The Balaban J connectivity index is 1.90. The highest BCUT2D eigenvalue weighted by Crippen LogP contribution is 2.05. The van der Waals surface area contributed by atoms with E-state index < -0.39 is 0 Å². The molecule has 1 rings (SSSR count). The van der Waals surface area contributed by atoms with Gasteiger partial charge in [-0.15, -0.1) is 0 Å². The SMILES string of the molecule is CC(C)CCCCNCc1cc[nH]c1. The van der Waals surface area contributed by atoms with Gasteiger partial charge in [0.1, 0.15) is 0 Å². The molecule has 14 heavy (non-hydrogen) atoms. The average Bonchev–Trinajstić information content (AvgIpc) is 2.63. The Hall–Kier alpha value is -0.760. The normalized spacial score (nSPS) is 11.1. The summed E-state index contributed by atoms with van der Waals surface area (Å²) in [5, 5.41) is 3.44. The van der Waals surface area contributed by atoms with Gasteiger partial charge in [-0.25, -0.2) is 0 Å². The predicted molar refractivity (Wildman–Crippen MR) is 61.2 cm³/mol. The molecule has 1 aromatic rings. The molecule has 0 aromatic carbocycles. The third-order valence-corrected chi connectivity index (χ3v) is 2.38. The molecule has 0 aliphatic carbocycles. The average molecular weight is 194 g/mol. The fourth-order valence-corrected chi connectivity index (χ4v) is 1.50. The molecule has 0 aliphatic rings. The summed E-state index contributed by atoms with van der Waals surface area (Å²) in [4.78, 5) is 3.06. The minimum absolute atomic E-state index is 0.847. The van der Waals surface area contributed by atoms with E-state index in [9.17, 15) is 0 Å². The van der Waals surface area contributed by atoms with Crippen LogP contribution in [-0.4, -0.2) is 11.5 Å². The lowest BCUT2D eigenvalue weighted by molar-refractivity contribution is 0.520. The molecule has 0 unspecified atom stereocenters. The van der Waals surface area contributed by atoms with Gasteiger partial charge >= 0.3 is 0 Å². The summed E-state index contributed by atoms with van der Waals surface area (Å²) in [6.07, 6.45) is 8.00. The zero-order valence-corrected chi connectivity index (χ0v) is 9.34. The summed E-state index contributed by atoms with van der Waals surface area (Å²) >= 11 is 0. The summed E-state index contributed by atoms with van der Waals surface area (Å²) in [5.41, 5.74) is 1.34. The van der Waals surface area contributed by atoms with E-state index in [0.29, 0.717) is 0 Å². The molecular weight excluding hydrogens is 172 g/mol. The summed E-state index contributed by atoms with van der Waals surface area (Å²) in [5.74, 6) is 0.847. The van der Waals surface area contributed by atoms with Crippen molar-refractivity contribution in [1.29, 1.82) is 0 Å². The monoisotopic (exact) mass is 194 g/mol. The second-order valence-electron chi connectivity index (χ2n) is 4.29. The lowest BCUT2D eigenvalue weighted by Gasteiger charge is -2.05. The number of aromatic amines is 1. The van der Waals surface area contributed by atoms with E-state index in [2.05, 4.69) is 30.2 Å². The van der Waals surface area contributed by atoms with Gasteiger partial charge in [0.25, 0.3) is 0 Å². The third-order valence-electron chi connectivity index (χ3n) is 2.38. The van der Waals surface area contributed by atoms with E-state index in [4.69, 9.17) is 0 Å². The van der Waals surface area contributed by atoms with Crippen molar-refractivity contribution in [3.8, 4) is 0 Å². The van der Waals surface area contributed by atoms with Crippen LogP contribution in [0.25, 0.3) is 0 Å². The predicted octanol–water partition coefficient (Wildman–Crippen LogP) is 2.93. The molecule has 1 aromatic heterocycles. The number of unbranched alkanes of at least 4 members (excludes halogenated alkanes) is 1. The third kappa shape index (κ3) is 5.07. The Morgan fingerprint density at radius 2 is 2.21 bits per heavy atom. The molecule has 0 bridgehead atoms. The van der Waals surface area contributed by atoms with Crippen LogP contribution in [0.3, 0.4) is 0 Å². The van der Waals surface area contributed by atoms with Crippen LogP contribution < -0.4 is 5.32 Å². The summed E-state index contributed by atoms with van der Waals surface area (Å²) in [7, 11) is 0. The van der Waals surface area contributed by atoms with Gasteiger partial charge in [0.2, 0.25) is 0 Å². The van der Waals surface area contributed by atoms with Gasteiger partial charge in [0, 0.05) is 18.9 Å². The zero-order chi connectivity index (χ0) is 10.2. The maximum Gasteiger partial charge on any atom is 0.0220 e. The minimum Gasteiger partial charge on any atom is -0.367 e. The van der Waals surface area contributed by atoms with Crippen molar-refractivity contribution >= 4 is 0 Å². The quantitative estimate of drug-likeness (QED) is 0.642. The largest absolute Gasteiger partial charge is 0.367 e. The van der Waals surface area contributed by atoms with Gasteiger partial charge in [0.05, 0.1) is 0 Å². The topological polar surface area (TPSA) is 27.8 Å². The van der Waals surface area contributed by atoms with Gasteiger partial charge in [-0.2, -0.15) is 0 Å². The number of hydrogen-bond donors (Lipinski definition) is 2. The van der Waals surface area contributed by atoms with E-state index in [-0.39, 0.29) is 0 Å². The lowest BCUT2D eigenvalue weighted by Crippen LogP contribution is -2.14. The summed E-state index contributed by atoms with van der Waals surface area (Å²) in [6, 6.07) is 2.11. The van der Waals surface area contributed by atoms with Crippen molar-refractivity contribution in [2.24, 2.45) is 5.92 Å². The minimum atomic E-state index is 0.847. The molecule has 0 aliphatic heterocycles. The van der Waals surface area contributed by atoms with Crippen LogP contribution in [0.15, 0.2) is 18.5 Å². The van der Waals surface area contributed by atoms with Crippen LogP contribution in [0.5, 0.6) is 0 Å². The standard InChI is InChI=1S/C12H22N2/c1-11(2)5-3-4-7-13-9-12-6-8-14-10-12/h6,8,10-11,13-14H,3-5,7,9H2,1-2H3. The van der Waals surface area contributed by atoms with Crippen LogP contribution in [-0.2, 0) is 6.54 Å². The second-order valence-corrected chi connectivity index (χ2v) is 4.29. The Labute approximate surface area is 87.1 Å². The molecule has 0 fully saturated rings. The highest BCUT2D eigenvalue weighted by atomic mass is 14.8. The molecule has 0 amide bonds. The van der Waals surface area contributed by atoms with E-state index >= 15 is 0 Å². The maximum atomic E-state index is 3.44. The van der Waals surface area contributed by atoms with E-state index in [0.717, 1.165) is 19.0 Å². The van der Waals surface area contributed by atoms with E-state index in [1.807, 2.05) is 12.4 Å². The first-order valence-electron chi connectivity index (χ1n) is 5.61. The van der Waals surface area contributed by atoms with Crippen molar-refractivity contribution in [1.82, 2.24) is 10.3 Å². The highest BCUT2D eigenvalue weighted by Gasteiger charge is 1.94. The first kappa shape index (κ1) is 11.3. The molecule has 0 saturated carbocycles. The first-order chi connectivity index (χ1) is 6.79. The van der Waals surface area contributed by atoms with Crippen molar-refractivity contribution < 1.29 is 0 Å². The van der Waals surface area contributed by atoms with Gasteiger partial charge in [-0.05, 0) is 30.5 Å². The number of rotatable bonds is 7. The number of hydrogen-bond acceptors (Lipinski definition) is 1. The van der Waals surface area contributed by atoms with Gasteiger partial charge in [0.15, 0.2) is 0 Å². The van der Waals surface area contributed by atoms with Crippen molar-refractivity contribution in [3.63, 3.8) is 0 Å². The Bertz CT molecular complexity index is 214. The molecule has 0 atom stereocenters. The molecule has 80 valence electrons. The van der Waals surface area contributed by atoms with Gasteiger partial charge in [-0.1, -0.05) is 26.7 Å². The first-order valence-corrected chi connectivity index (χ1v) is 5.61. The van der Waals surface area contributed by atoms with Gasteiger partial charge in [-0.3, -0.25) is 0 Å². The molecule has 2 heteroatoms. The molecule has 0 saturated heterocycles. The van der Waals surface area contributed by atoms with Crippen LogP contribution in [0.2, 0.25) is 0 Å². The fraction of sp³-hybridized carbons (Fsp3) is 0.667. The fourth-order valence-electron chi connectivity index (χ4n) is 1.50. The molecular formula is C12H22N2. The smallest absolute Gasteiger partial charge is 0.0220 e.